The van der Waals surface area contributed by atoms with Crippen LogP contribution in [-0.4, -0.2) is 34.5 Å². The molecule has 3 rings (SSSR count). The van der Waals surface area contributed by atoms with Gasteiger partial charge in [-0.25, -0.2) is 0 Å². The summed E-state index contributed by atoms with van der Waals surface area (Å²) in [4.78, 5) is 14.7. The van der Waals surface area contributed by atoms with Gasteiger partial charge in [-0.05, 0) is 53.6 Å². The number of aryl methyl sites for hydroxylation is 1. The Kier molecular flexibility index (Phi) is 5.38. The zero-order valence-corrected chi connectivity index (χ0v) is 14.7. The lowest BCUT2D eigenvalue weighted by Gasteiger charge is -2.29. The van der Waals surface area contributed by atoms with E-state index in [1.165, 1.54) is 12.8 Å². The predicted octanol–water partition coefficient (Wildman–Crippen LogP) is 2.89. The molecule has 4 nitrogen and oxygen atoms in total. The van der Waals surface area contributed by atoms with Crippen LogP contribution in [0.1, 0.15) is 36.7 Å². The fraction of sp³-hybridized carbons (Fsp3) is 0.667. The third-order valence-corrected chi connectivity index (χ3v) is 5.30. The summed E-state index contributed by atoms with van der Waals surface area (Å²) < 4.78 is 2.98. The summed E-state index contributed by atoms with van der Waals surface area (Å²) in [5, 5.41) is 0. The van der Waals surface area contributed by atoms with Gasteiger partial charge in [0.2, 0.25) is 0 Å². The molecule has 6 heteroatoms. The van der Waals surface area contributed by atoms with E-state index in [0.29, 0.717) is 11.8 Å². The van der Waals surface area contributed by atoms with Gasteiger partial charge in [-0.2, -0.15) is 0 Å². The van der Waals surface area contributed by atoms with Gasteiger partial charge < -0.3 is 15.2 Å². The SMILES string of the molecule is CCn1cc(Br)cc1C(=O)N1CC2CCCC(N)C2C1.Cl. The van der Waals surface area contributed by atoms with Crippen molar-refractivity contribution in [3.63, 3.8) is 0 Å². The Morgan fingerprint density at radius 3 is 2.86 bits per heavy atom. The molecule has 2 heterocycles. The largest absolute Gasteiger partial charge is 0.343 e. The average Bonchev–Trinajstić information content (AvgIpc) is 3.02. The number of carbonyl (C=O) groups is 1. The van der Waals surface area contributed by atoms with Gasteiger partial charge in [-0.15, -0.1) is 12.4 Å². The molecule has 1 saturated carbocycles. The first-order chi connectivity index (χ1) is 9.60. The summed E-state index contributed by atoms with van der Waals surface area (Å²) in [6.45, 7) is 4.58. The van der Waals surface area contributed by atoms with E-state index < -0.39 is 0 Å². The van der Waals surface area contributed by atoms with E-state index in [-0.39, 0.29) is 24.4 Å². The van der Waals surface area contributed by atoms with Gasteiger partial charge in [-0.1, -0.05) is 6.42 Å². The van der Waals surface area contributed by atoms with E-state index in [0.717, 1.165) is 36.2 Å². The number of nitrogens with two attached hydrogens (primary N) is 1. The number of nitrogens with zero attached hydrogens (tertiary/aromatic N) is 2. The molecule has 1 aromatic rings. The number of halogens is 2. The number of rotatable bonds is 2. The maximum atomic E-state index is 12.7. The second kappa shape index (κ2) is 6.71. The Hall–Kier alpha value is -0.520. The van der Waals surface area contributed by atoms with E-state index >= 15 is 0 Å². The van der Waals surface area contributed by atoms with Gasteiger partial charge in [0, 0.05) is 36.3 Å². The average molecular weight is 377 g/mol. The zero-order valence-electron chi connectivity index (χ0n) is 12.3. The molecule has 0 aromatic carbocycles. The highest BCUT2D eigenvalue weighted by Crippen LogP contribution is 2.36. The number of hydrogen-bond donors (Lipinski definition) is 1. The van der Waals surface area contributed by atoms with Gasteiger partial charge in [0.05, 0.1) is 0 Å². The number of carbonyl (C=O) groups excluding carboxylic acids is 1. The number of hydrogen-bond acceptors (Lipinski definition) is 2. The maximum absolute atomic E-state index is 12.7. The summed E-state index contributed by atoms with van der Waals surface area (Å²) in [6, 6.07) is 2.20. The highest BCUT2D eigenvalue weighted by Gasteiger charge is 2.40. The molecular weight excluding hydrogens is 354 g/mol. The van der Waals surface area contributed by atoms with Crippen molar-refractivity contribution in [2.45, 2.75) is 38.8 Å². The Labute approximate surface area is 140 Å². The van der Waals surface area contributed by atoms with Crippen molar-refractivity contribution in [2.75, 3.05) is 13.1 Å². The third-order valence-electron chi connectivity index (χ3n) is 4.86. The summed E-state index contributed by atoms with van der Waals surface area (Å²) in [7, 11) is 0. The monoisotopic (exact) mass is 375 g/mol. The Morgan fingerprint density at radius 1 is 1.43 bits per heavy atom. The molecule has 0 radical (unpaired) electrons. The lowest BCUT2D eigenvalue weighted by molar-refractivity contribution is 0.0773. The van der Waals surface area contributed by atoms with Crippen LogP contribution in [0.25, 0.3) is 0 Å². The van der Waals surface area contributed by atoms with Crippen LogP contribution in [0.2, 0.25) is 0 Å². The first-order valence-corrected chi connectivity index (χ1v) is 8.30. The standard InChI is InChI=1S/C15H22BrN3O.ClH/c1-2-18-8-11(16)6-14(18)15(20)19-7-10-4-3-5-13(17)12(10)9-19;/h6,8,10,12-13H,2-5,7,9,17H2,1H3;1H. The van der Waals surface area contributed by atoms with Crippen LogP contribution in [0.3, 0.4) is 0 Å². The van der Waals surface area contributed by atoms with Crippen LogP contribution in [0.15, 0.2) is 16.7 Å². The van der Waals surface area contributed by atoms with Crippen molar-refractivity contribution in [3.05, 3.63) is 22.4 Å². The molecular formula is C15H23BrClN3O. The quantitative estimate of drug-likeness (QED) is 0.863. The molecule has 2 fully saturated rings. The van der Waals surface area contributed by atoms with Crippen molar-refractivity contribution in [1.82, 2.24) is 9.47 Å². The molecule has 2 aliphatic rings. The van der Waals surface area contributed by atoms with Crippen molar-refractivity contribution in [3.8, 4) is 0 Å². The second-order valence-corrected chi connectivity index (χ2v) is 6.97. The number of likely N-dealkylation sites (tertiary alicyclic amines) is 1. The number of aromatic nitrogens is 1. The number of amides is 1. The van der Waals surface area contributed by atoms with E-state index in [1.807, 2.05) is 21.7 Å². The molecule has 21 heavy (non-hydrogen) atoms. The predicted molar refractivity (Wildman–Crippen MR) is 89.8 cm³/mol. The topological polar surface area (TPSA) is 51.3 Å². The van der Waals surface area contributed by atoms with Gasteiger partial charge >= 0.3 is 0 Å². The number of fused-ring (bicyclic) bond motifs is 1. The Balaban J connectivity index is 0.00000161. The van der Waals surface area contributed by atoms with E-state index in [4.69, 9.17) is 5.73 Å². The zero-order chi connectivity index (χ0) is 14.3. The molecule has 3 atom stereocenters. The van der Waals surface area contributed by atoms with Crippen molar-refractivity contribution in [1.29, 1.82) is 0 Å². The Bertz CT molecular complexity index is 519. The molecule has 0 spiro atoms. The van der Waals surface area contributed by atoms with Crippen molar-refractivity contribution < 1.29 is 4.79 Å². The maximum Gasteiger partial charge on any atom is 0.270 e. The minimum absolute atomic E-state index is 0. The first-order valence-electron chi connectivity index (χ1n) is 7.50. The van der Waals surface area contributed by atoms with E-state index in [1.54, 1.807) is 0 Å². The molecule has 1 saturated heterocycles. The fourth-order valence-corrected chi connectivity index (χ4v) is 4.22. The lowest BCUT2D eigenvalue weighted by Crippen LogP contribution is -2.38. The van der Waals surface area contributed by atoms with Crippen LogP contribution in [-0.2, 0) is 6.54 Å². The molecule has 1 amide bonds. The van der Waals surface area contributed by atoms with Crippen LogP contribution < -0.4 is 5.73 Å². The first kappa shape index (κ1) is 16.8. The van der Waals surface area contributed by atoms with Crippen molar-refractivity contribution >= 4 is 34.2 Å². The van der Waals surface area contributed by atoms with Gasteiger partial charge in [0.1, 0.15) is 5.69 Å². The summed E-state index contributed by atoms with van der Waals surface area (Å²) in [5.41, 5.74) is 7.01. The van der Waals surface area contributed by atoms with E-state index in [2.05, 4.69) is 22.9 Å². The minimum atomic E-state index is 0. The molecule has 1 aromatic heterocycles. The molecule has 1 aliphatic heterocycles. The van der Waals surface area contributed by atoms with Crippen LogP contribution in [0, 0.1) is 11.8 Å². The third kappa shape index (κ3) is 3.15. The highest BCUT2D eigenvalue weighted by atomic mass is 79.9. The van der Waals surface area contributed by atoms with Crippen LogP contribution >= 0.6 is 28.3 Å². The van der Waals surface area contributed by atoms with Gasteiger partial charge in [-0.3, -0.25) is 4.79 Å². The summed E-state index contributed by atoms with van der Waals surface area (Å²) in [6.07, 6.45) is 5.52. The Morgan fingerprint density at radius 2 is 2.19 bits per heavy atom. The van der Waals surface area contributed by atoms with Gasteiger partial charge in [0.15, 0.2) is 0 Å². The normalized spacial score (nSPS) is 28.1. The molecule has 118 valence electrons. The summed E-state index contributed by atoms with van der Waals surface area (Å²) in [5.74, 6) is 1.26. The minimum Gasteiger partial charge on any atom is -0.343 e. The molecule has 3 unspecified atom stereocenters. The van der Waals surface area contributed by atoms with Crippen molar-refractivity contribution in [2.24, 2.45) is 17.6 Å². The molecule has 2 N–H and O–H groups in total. The second-order valence-electron chi connectivity index (χ2n) is 6.06. The van der Waals surface area contributed by atoms with Crippen LogP contribution in [0.4, 0.5) is 0 Å². The van der Waals surface area contributed by atoms with Crippen LogP contribution in [0.5, 0.6) is 0 Å². The van der Waals surface area contributed by atoms with Gasteiger partial charge in [0.25, 0.3) is 5.91 Å². The fourth-order valence-electron chi connectivity index (χ4n) is 3.76. The lowest BCUT2D eigenvalue weighted by atomic mass is 9.78. The molecule has 1 aliphatic carbocycles. The summed E-state index contributed by atoms with van der Waals surface area (Å²) >= 11 is 3.46. The molecule has 0 bridgehead atoms. The highest BCUT2D eigenvalue weighted by molar-refractivity contribution is 9.10. The van der Waals surface area contributed by atoms with E-state index in [9.17, 15) is 4.79 Å². The smallest absolute Gasteiger partial charge is 0.270 e.